The number of carbonyl (C=O) groups excluding carboxylic acids is 1. The number of amides is 1. The van der Waals surface area contributed by atoms with E-state index in [1.165, 1.54) is 5.56 Å². The van der Waals surface area contributed by atoms with Crippen molar-refractivity contribution in [1.82, 2.24) is 4.90 Å². The molecule has 1 unspecified atom stereocenters. The van der Waals surface area contributed by atoms with Crippen LogP contribution in [0, 0.1) is 6.92 Å². The van der Waals surface area contributed by atoms with Crippen molar-refractivity contribution in [3.63, 3.8) is 0 Å². The van der Waals surface area contributed by atoms with Crippen LogP contribution in [0.5, 0.6) is 0 Å². The van der Waals surface area contributed by atoms with Crippen molar-refractivity contribution in [3.8, 4) is 0 Å². The van der Waals surface area contributed by atoms with Gasteiger partial charge in [-0.05, 0) is 30.2 Å². The summed E-state index contributed by atoms with van der Waals surface area (Å²) >= 11 is 3.41. The highest BCUT2D eigenvalue weighted by Crippen LogP contribution is 2.28. The number of nitrogens with zero attached hydrogens (tertiary/aromatic N) is 1. The number of halogens is 1. The first-order valence-electron chi connectivity index (χ1n) is 6.88. The summed E-state index contributed by atoms with van der Waals surface area (Å²) in [5, 5.41) is 0. The first-order chi connectivity index (χ1) is 10.1. The van der Waals surface area contributed by atoms with E-state index in [9.17, 15) is 4.79 Å². The fraction of sp³-hybridized carbons (Fsp3) is 0.235. The van der Waals surface area contributed by atoms with E-state index >= 15 is 0 Å². The molecule has 3 nitrogen and oxygen atoms in total. The van der Waals surface area contributed by atoms with E-state index in [1.807, 2.05) is 24.3 Å². The van der Waals surface area contributed by atoms with Crippen molar-refractivity contribution in [2.24, 2.45) is 0 Å². The molecular formula is C17H16BrNO2. The van der Waals surface area contributed by atoms with Gasteiger partial charge in [0.25, 0.3) is 0 Å². The van der Waals surface area contributed by atoms with Crippen molar-refractivity contribution < 1.29 is 9.53 Å². The Morgan fingerprint density at radius 2 is 1.81 bits per heavy atom. The zero-order chi connectivity index (χ0) is 14.8. The molecule has 2 aromatic rings. The van der Waals surface area contributed by atoms with Crippen LogP contribution in [-0.4, -0.2) is 17.5 Å². The molecule has 2 aromatic carbocycles. The molecule has 0 bridgehead atoms. The fourth-order valence-electron chi connectivity index (χ4n) is 2.40. The summed E-state index contributed by atoms with van der Waals surface area (Å²) in [6.45, 7) is 3.23. The van der Waals surface area contributed by atoms with E-state index in [4.69, 9.17) is 4.74 Å². The topological polar surface area (TPSA) is 29.5 Å². The van der Waals surface area contributed by atoms with Crippen LogP contribution < -0.4 is 0 Å². The molecule has 0 N–H and O–H groups in total. The Morgan fingerprint density at radius 3 is 2.48 bits per heavy atom. The molecule has 1 atom stereocenters. The maximum Gasteiger partial charge on any atom is 0.410 e. The lowest BCUT2D eigenvalue weighted by atomic mass is 10.1. The fourth-order valence-corrected chi connectivity index (χ4v) is 2.67. The molecule has 108 valence electrons. The molecule has 0 saturated carbocycles. The number of ether oxygens (including phenoxy) is 1. The Labute approximate surface area is 132 Å². The van der Waals surface area contributed by atoms with Gasteiger partial charge >= 0.3 is 6.09 Å². The zero-order valence-electron chi connectivity index (χ0n) is 11.8. The summed E-state index contributed by atoms with van der Waals surface area (Å²) in [5.41, 5.74) is 3.36. The molecule has 1 saturated heterocycles. The normalized spacial score (nSPS) is 17.9. The summed E-state index contributed by atoms with van der Waals surface area (Å²) in [4.78, 5) is 13.7. The minimum Gasteiger partial charge on any atom is -0.439 e. The Morgan fingerprint density at radius 1 is 1.14 bits per heavy atom. The largest absolute Gasteiger partial charge is 0.439 e. The van der Waals surface area contributed by atoms with Gasteiger partial charge in [-0.3, -0.25) is 4.90 Å². The van der Waals surface area contributed by atoms with Crippen LogP contribution in [0.1, 0.15) is 22.8 Å². The van der Waals surface area contributed by atoms with E-state index in [0.717, 1.165) is 15.6 Å². The summed E-state index contributed by atoms with van der Waals surface area (Å²) in [7, 11) is 0. The molecule has 1 aliphatic heterocycles. The average Bonchev–Trinajstić information content (AvgIpc) is 2.83. The van der Waals surface area contributed by atoms with Crippen molar-refractivity contribution in [2.75, 3.05) is 6.54 Å². The third kappa shape index (κ3) is 3.27. The van der Waals surface area contributed by atoms with Crippen molar-refractivity contribution in [1.29, 1.82) is 0 Å². The second kappa shape index (κ2) is 5.90. The van der Waals surface area contributed by atoms with Crippen LogP contribution in [0.3, 0.4) is 0 Å². The third-order valence-corrected chi connectivity index (χ3v) is 4.15. The second-order valence-corrected chi connectivity index (χ2v) is 6.21. The smallest absolute Gasteiger partial charge is 0.410 e. The number of aryl methyl sites for hydroxylation is 1. The quantitative estimate of drug-likeness (QED) is 0.822. The molecular weight excluding hydrogens is 330 g/mol. The van der Waals surface area contributed by atoms with Gasteiger partial charge in [-0.25, -0.2) is 4.79 Å². The predicted molar refractivity (Wildman–Crippen MR) is 85.0 cm³/mol. The minimum absolute atomic E-state index is 0.184. The Kier molecular flexibility index (Phi) is 3.97. The molecule has 1 aliphatic rings. The summed E-state index contributed by atoms with van der Waals surface area (Å²) in [6.07, 6.45) is -0.431. The van der Waals surface area contributed by atoms with Crippen molar-refractivity contribution in [2.45, 2.75) is 19.6 Å². The van der Waals surface area contributed by atoms with Crippen LogP contribution in [0.2, 0.25) is 0 Å². The number of rotatable bonds is 3. The van der Waals surface area contributed by atoms with Gasteiger partial charge in [-0.15, -0.1) is 0 Å². The predicted octanol–water partition coefficient (Wildman–Crippen LogP) is 4.45. The Balaban J connectivity index is 1.69. The Bertz CT molecular complexity index is 637. The van der Waals surface area contributed by atoms with E-state index in [1.54, 1.807) is 4.90 Å². The monoisotopic (exact) mass is 345 g/mol. The number of hydrogen-bond acceptors (Lipinski definition) is 2. The standard InChI is InChI=1S/C17H16BrNO2/c1-12-2-4-13(5-3-12)10-19-11-16(21-17(19)20)14-6-8-15(18)9-7-14/h2-9,16H,10-11H2,1H3. The molecule has 0 aliphatic carbocycles. The van der Waals surface area contributed by atoms with Gasteiger partial charge in [0.2, 0.25) is 0 Å². The molecule has 0 spiro atoms. The van der Waals surface area contributed by atoms with Crippen LogP contribution >= 0.6 is 15.9 Å². The SMILES string of the molecule is Cc1ccc(CN2CC(c3ccc(Br)cc3)OC2=O)cc1. The molecule has 3 rings (SSSR count). The number of hydrogen-bond donors (Lipinski definition) is 0. The van der Waals surface area contributed by atoms with Gasteiger partial charge in [0, 0.05) is 11.0 Å². The minimum atomic E-state index is -0.247. The molecule has 1 fully saturated rings. The van der Waals surface area contributed by atoms with E-state index in [2.05, 4.69) is 47.1 Å². The van der Waals surface area contributed by atoms with Crippen LogP contribution in [0.15, 0.2) is 53.0 Å². The van der Waals surface area contributed by atoms with Gasteiger partial charge < -0.3 is 4.74 Å². The number of benzene rings is 2. The lowest BCUT2D eigenvalue weighted by molar-refractivity contribution is 0.132. The molecule has 1 heterocycles. The molecule has 0 radical (unpaired) electrons. The lowest BCUT2D eigenvalue weighted by Crippen LogP contribution is -2.23. The van der Waals surface area contributed by atoms with Crippen molar-refractivity contribution >= 4 is 22.0 Å². The maximum atomic E-state index is 12.0. The summed E-state index contributed by atoms with van der Waals surface area (Å²) in [6, 6.07) is 16.1. The maximum absolute atomic E-state index is 12.0. The van der Waals surface area contributed by atoms with Gasteiger partial charge in [-0.2, -0.15) is 0 Å². The van der Waals surface area contributed by atoms with Gasteiger partial charge in [0.15, 0.2) is 0 Å². The van der Waals surface area contributed by atoms with Gasteiger partial charge in [-0.1, -0.05) is 57.9 Å². The van der Waals surface area contributed by atoms with Crippen molar-refractivity contribution in [3.05, 3.63) is 69.7 Å². The highest BCUT2D eigenvalue weighted by Gasteiger charge is 2.32. The highest BCUT2D eigenvalue weighted by molar-refractivity contribution is 9.10. The van der Waals surface area contributed by atoms with Crippen LogP contribution in [0.4, 0.5) is 4.79 Å². The van der Waals surface area contributed by atoms with Crippen LogP contribution in [-0.2, 0) is 11.3 Å². The first kappa shape index (κ1) is 14.1. The molecule has 0 aromatic heterocycles. The second-order valence-electron chi connectivity index (χ2n) is 5.29. The van der Waals surface area contributed by atoms with E-state index in [-0.39, 0.29) is 12.2 Å². The summed E-state index contributed by atoms with van der Waals surface area (Å²) in [5.74, 6) is 0. The Hall–Kier alpha value is -1.81. The van der Waals surface area contributed by atoms with E-state index in [0.29, 0.717) is 13.1 Å². The summed E-state index contributed by atoms with van der Waals surface area (Å²) < 4.78 is 6.49. The average molecular weight is 346 g/mol. The zero-order valence-corrected chi connectivity index (χ0v) is 13.3. The lowest BCUT2D eigenvalue weighted by Gasteiger charge is -2.13. The third-order valence-electron chi connectivity index (χ3n) is 3.62. The van der Waals surface area contributed by atoms with Gasteiger partial charge in [0.05, 0.1) is 6.54 Å². The molecule has 1 amide bonds. The molecule has 21 heavy (non-hydrogen) atoms. The number of carbonyl (C=O) groups is 1. The highest BCUT2D eigenvalue weighted by atomic mass is 79.9. The molecule has 4 heteroatoms. The first-order valence-corrected chi connectivity index (χ1v) is 7.68. The number of cyclic esters (lactones) is 1. The van der Waals surface area contributed by atoms with Crippen LogP contribution in [0.25, 0.3) is 0 Å². The van der Waals surface area contributed by atoms with Gasteiger partial charge in [0.1, 0.15) is 6.10 Å². The van der Waals surface area contributed by atoms with E-state index < -0.39 is 0 Å².